The molecule has 1 aliphatic heterocycles. The first-order chi connectivity index (χ1) is 19.3. The SMILES string of the molecule is COC(=O)Nc1ccc(-c2nc([C@@H]3CCc4cc(-c5cc(C)ccc5-n5cc(Cl)nn5)cc(=O)n43)[nH]c2C)cc1. The second-order valence-corrected chi connectivity index (χ2v) is 10.2. The third-order valence-electron chi connectivity index (χ3n) is 7.12. The monoisotopic (exact) mass is 555 g/mol. The van der Waals surface area contributed by atoms with Crippen LogP contribution in [0.15, 0.2) is 65.6 Å². The topological polar surface area (TPSA) is 120 Å². The number of benzene rings is 2. The number of nitrogens with zero attached hydrogens (tertiary/aromatic N) is 5. The lowest BCUT2D eigenvalue weighted by molar-refractivity contribution is 0.187. The van der Waals surface area contributed by atoms with Gasteiger partial charge in [0.15, 0.2) is 5.15 Å². The van der Waals surface area contributed by atoms with Gasteiger partial charge in [-0.25, -0.2) is 14.5 Å². The van der Waals surface area contributed by atoms with Gasteiger partial charge < -0.3 is 14.3 Å². The fourth-order valence-electron chi connectivity index (χ4n) is 5.25. The maximum atomic E-state index is 13.6. The van der Waals surface area contributed by atoms with Crippen molar-refractivity contribution in [2.75, 3.05) is 12.4 Å². The predicted octanol–water partition coefficient (Wildman–Crippen LogP) is 5.47. The van der Waals surface area contributed by atoms with Crippen LogP contribution in [0.2, 0.25) is 5.15 Å². The first-order valence-corrected chi connectivity index (χ1v) is 13.1. The van der Waals surface area contributed by atoms with Gasteiger partial charge in [-0.15, -0.1) is 5.10 Å². The molecule has 0 radical (unpaired) electrons. The molecule has 1 aliphatic rings. The van der Waals surface area contributed by atoms with Gasteiger partial charge in [0.1, 0.15) is 5.82 Å². The zero-order valence-electron chi connectivity index (χ0n) is 22.1. The third kappa shape index (κ3) is 4.66. The van der Waals surface area contributed by atoms with Gasteiger partial charge in [0.2, 0.25) is 0 Å². The molecule has 40 heavy (non-hydrogen) atoms. The summed E-state index contributed by atoms with van der Waals surface area (Å²) in [6.45, 7) is 3.97. The largest absolute Gasteiger partial charge is 0.453 e. The first kappa shape index (κ1) is 25.6. The highest BCUT2D eigenvalue weighted by Gasteiger charge is 2.29. The fourth-order valence-corrected chi connectivity index (χ4v) is 5.38. The Kier molecular flexibility index (Phi) is 6.47. The number of aryl methyl sites for hydroxylation is 3. The number of H-pyrrole nitrogens is 1. The summed E-state index contributed by atoms with van der Waals surface area (Å²) in [5, 5.41) is 11.0. The molecular weight excluding hydrogens is 530 g/mol. The maximum absolute atomic E-state index is 13.6. The minimum absolute atomic E-state index is 0.0899. The van der Waals surface area contributed by atoms with Gasteiger partial charge in [-0.3, -0.25) is 10.1 Å². The van der Waals surface area contributed by atoms with E-state index in [2.05, 4.69) is 31.4 Å². The number of nitrogens with one attached hydrogen (secondary N) is 2. The third-order valence-corrected chi connectivity index (χ3v) is 7.29. The van der Waals surface area contributed by atoms with E-state index in [1.165, 1.54) is 7.11 Å². The number of aromatic amines is 1. The smallest absolute Gasteiger partial charge is 0.411 e. The zero-order valence-corrected chi connectivity index (χ0v) is 22.9. The molecule has 11 heteroatoms. The summed E-state index contributed by atoms with van der Waals surface area (Å²) >= 11 is 6.02. The summed E-state index contributed by atoms with van der Waals surface area (Å²) in [7, 11) is 1.32. The Morgan fingerprint density at radius 3 is 2.62 bits per heavy atom. The highest BCUT2D eigenvalue weighted by molar-refractivity contribution is 6.29. The Morgan fingerprint density at radius 2 is 1.90 bits per heavy atom. The molecule has 0 bridgehead atoms. The second-order valence-electron chi connectivity index (χ2n) is 9.79. The summed E-state index contributed by atoms with van der Waals surface area (Å²) < 4.78 is 8.10. The van der Waals surface area contributed by atoms with E-state index in [0.717, 1.165) is 63.7 Å². The Balaban J connectivity index is 1.33. The summed E-state index contributed by atoms with van der Waals surface area (Å²) in [6, 6.07) is 16.9. The van der Waals surface area contributed by atoms with Gasteiger partial charge in [-0.2, -0.15) is 0 Å². The number of hydrogen-bond acceptors (Lipinski definition) is 6. The number of hydrogen-bond donors (Lipinski definition) is 2. The highest BCUT2D eigenvalue weighted by Crippen LogP contribution is 2.35. The van der Waals surface area contributed by atoms with Crippen LogP contribution in [0.3, 0.4) is 0 Å². The van der Waals surface area contributed by atoms with E-state index in [4.69, 9.17) is 16.6 Å². The minimum atomic E-state index is -0.527. The van der Waals surface area contributed by atoms with Crippen molar-refractivity contribution >= 4 is 23.4 Å². The number of carbonyl (C=O) groups excluding carboxylic acids is 1. The number of amides is 1. The van der Waals surface area contributed by atoms with Crippen molar-refractivity contribution in [3.63, 3.8) is 0 Å². The molecule has 3 aromatic heterocycles. The molecule has 6 rings (SSSR count). The number of carbonyl (C=O) groups is 1. The number of methoxy groups -OCH3 is 1. The van der Waals surface area contributed by atoms with Gasteiger partial charge in [0.25, 0.3) is 5.56 Å². The molecule has 0 spiro atoms. The molecule has 0 saturated carbocycles. The number of imidazole rings is 1. The molecule has 2 N–H and O–H groups in total. The van der Waals surface area contributed by atoms with Crippen molar-refractivity contribution in [2.24, 2.45) is 0 Å². The van der Waals surface area contributed by atoms with E-state index in [9.17, 15) is 9.59 Å². The Labute approximate surface area is 234 Å². The van der Waals surface area contributed by atoms with Crippen molar-refractivity contribution < 1.29 is 9.53 Å². The van der Waals surface area contributed by atoms with Gasteiger partial charge in [-0.1, -0.05) is 40.6 Å². The van der Waals surface area contributed by atoms with Crippen LogP contribution in [-0.4, -0.2) is 42.7 Å². The molecular formula is C29H26ClN7O3. The van der Waals surface area contributed by atoms with E-state index in [1.807, 2.05) is 48.7 Å². The molecule has 10 nitrogen and oxygen atoms in total. The van der Waals surface area contributed by atoms with Crippen LogP contribution in [0.25, 0.3) is 28.1 Å². The van der Waals surface area contributed by atoms with Crippen LogP contribution >= 0.6 is 11.6 Å². The summed E-state index contributed by atoms with van der Waals surface area (Å²) in [6.07, 6.45) is 2.62. The minimum Gasteiger partial charge on any atom is -0.453 e. The van der Waals surface area contributed by atoms with E-state index < -0.39 is 6.09 Å². The lowest BCUT2D eigenvalue weighted by Gasteiger charge is -2.15. The normalized spacial score (nSPS) is 14.2. The molecule has 0 aliphatic carbocycles. The number of halogens is 1. The predicted molar refractivity (Wildman–Crippen MR) is 152 cm³/mol. The van der Waals surface area contributed by atoms with E-state index >= 15 is 0 Å². The van der Waals surface area contributed by atoms with Crippen molar-refractivity contribution in [2.45, 2.75) is 32.7 Å². The Morgan fingerprint density at radius 1 is 1.10 bits per heavy atom. The molecule has 5 aromatic rings. The molecule has 4 heterocycles. The highest BCUT2D eigenvalue weighted by atomic mass is 35.5. The molecule has 0 fully saturated rings. The Bertz CT molecular complexity index is 1800. The number of fused-ring (bicyclic) bond motifs is 1. The Hall–Kier alpha value is -4.70. The van der Waals surface area contributed by atoms with Crippen LogP contribution in [0.5, 0.6) is 0 Å². The van der Waals surface area contributed by atoms with E-state index in [-0.39, 0.29) is 11.6 Å². The van der Waals surface area contributed by atoms with Gasteiger partial charge in [0, 0.05) is 34.3 Å². The van der Waals surface area contributed by atoms with Gasteiger partial charge >= 0.3 is 6.09 Å². The number of aromatic nitrogens is 6. The number of anilines is 1. The van der Waals surface area contributed by atoms with Crippen LogP contribution in [-0.2, 0) is 11.2 Å². The van der Waals surface area contributed by atoms with Crippen molar-refractivity contribution in [1.82, 2.24) is 29.5 Å². The maximum Gasteiger partial charge on any atom is 0.411 e. The average molecular weight is 556 g/mol. The first-order valence-electron chi connectivity index (χ1n) is 12.8. The summed E-state index contributed by atoms with van der Waals surface area (Å²) in [4.78, 5) is 33.3. The standard InChI is InChI=1S/C29H26ClN7O3/c1-16-4-10-23(36-15-25(30)34-35-36)22(12-16)19-13-21-9-11-24(37(21)26(38)14-19)28-31-17(2)27(33-28)18-5-7-20(8-6-18)32-29(39)40-3/h4-8,10,12-15,24H,9,11H2,1-3H3,(H,31,33)(H,32,39)/t24-/m0/s1. The molecule has 1 atom stereocenters. The number of rotatable bonds is 5. The van der Waals surface area contributed by atoms with Crippen molar-refractivity contribution in [3.8, 4) is 28.1 Å². The fraction of sp³-hybridized carbons (Fsp3) is 0.207. The summed E-state index contributed by atoms with van der Waals surface area (Å²) in [5.41, 5.74) is 7.64. The van der Waals surface area contributed by atoms with Crippen LogP contribution < -0.4 is 10.9 Å². The van der Waals surface area contributed by atoms with Crippen LogP contribution in [0, 0.1) is 13.8 Å². The average Bonchev–Trinajstić information content (AvgIpc) is 3.67. The zero-order chi connectivity index (χ0) is 28.0. The molecule has 202 valence electrons. The summed E-state index contributed by atoms with van der Waals surface area (Å²) in [5.74, 6) is 0.742. The van der Waals surface area contributed by atoms with Gasteiger partial charge in [0.05, 0.1) is 30.7 Å². The number of ether oxygens (including phenoxy) is 1. The lowest BCUT2D eigenvalue weighted by atomic mass is 10.0. The molecule has 0 saturated heterocycles. The molecule has 2 aromatic carbocycles. The van der Waals surface area contributed by atoms with Crippen molar-refractivity contribution in [3.05, 3.63) is 99.1 Å². The van der Waals surface area contributed by atoms with Crippen molar-refractivity contribution in [1.29, 1.82) is 0 Å². The molecule has 1 amide bonds. The second kappa shape index (κ2) is 10.1. The molecule has 0 unspecified atom stereocenters. The lowest BCUT2D eigenvalue weighted by Crippen LogP contribution is -2.24. The van der Waals surface area contributed by atoms with E-state index in [0.29, 0.717) is 10.8 Å². The number of pyridine rings is 1. The van der Waals surface area contributed by atoms with E-state index in [1.54, 1.807) is 29.1 Å². The quantitative estimate of drug-likeness (QED) is 0.297. The van der Waals surface area contributed by atoms with Crippen LogP contribution in [0.1, 0.15) is 35.2 Å². The van der Waals surface area contributed by atoms with Crippen LogP contribution in [0.4, 0.5) is 10.5 Å². The van der Waals surface area contributed by atoms with Gasteiger partial charge in [-0.05, 0) is 62.6 Å².